The number of hydrogen-bond acceptors (Lipinski definition) is 3. The second kappa shape index (κ2) is 6.34. The van der Waals surface area contributed by atoms with E-state index in [1.165, 1.54) is 12.8 Å². The van der Waals surface area contributed by atoms with Crippen molar-refractivity contribution >= 4 is 0 Å². The molecule has 0 aliphatic carbocycles. The van der Waals surface area contributed by atoms with Crippen LogP contribution in [0.2, 0.25) is 0 Å². The topological polar surface area (TPSA) is 41.3 Å². The standard InChI is InChI=1S/C14H25N3O/c1-12-4-5-14(11-18)10-17(12)8-3-7-16-9-6-15-13(16)2/h6,9,12,14,18H,3-5,7-8,10-11H2,1-2H3. The third-order valence-corrected chi connectivity index (χ3v) is 4.13. The normalized spacial score (nSPS) is 25.5. The lowest BCUT2D eigenvalue weighted by atomic mass is 9.94. The van der Waals surface area contributed by atoms with Crippen LogP contribution in [-0.4, -0.2) is 45.3 Å². The highest BCUT2D eigenvalue weighted by Gasteiger charge is 2.24. The van der Waals surface area contributed by atoms with E-state index in [1.54, 1.807) is 0 Å². The summed E-state index contributed by atoms with van der Waals surface area (Å²) in [6.45, 7) is 7.90. The van der Waals surface area contributed by atoms with Gasteiger partial charge in [-0.2, -0.15) is 0 Å². The first kappa shape index (κ1) is 13.6. The smallest absolute Gasteiger partial charge is 0.105 e. The zero-order valence-corrected chi connectivity index (χ0v) is 11.5. The second-order valence-corrected chi connectivity index (χ2v) is 5.49. The van der Waals surface area contributed by atoms with Gasteiger partial charge >= 0.3 is 0 Å². The fourth-order valence-corrected chi connectivity index (χ4v) is 2.81. The summed E-state index contributed by atoms with van der Waals surface area (Å²) in [5, 5.41) is 9.27. The number of likely N-dealkylation sites (tertiary alicyclic amines) is 1. The first-order chi connectivity index (χ1) is 8.70. The summed E-state index contributed by atoms with van der Waals surface area (Å²) in [4.78, 5) is 6.76. The number of aromatic nitrogens is 2. The van der Waals surface area contributed by atoms with Crippen LogP contribution in [0, 0.1) is 12.8 Å². The van der Waals surface area contributed by atoms with Gasteiger partial charge in [-0.3, -0.25) is 0 Å². The van der Waals surface area contributed by atoms with Crippen molar-refractivity contribution in [3.05, 3.63) is 18.2 Å². The first-order valence-corrected chi connectivity index (χ1v) is 7.03. The molecule has 0 amide bonds. The molecule has 18 heavy (non-hydrogen) atoms. The summed E-state index contributed by atoms with van der Waals surface area (Å²) >= 11 is 0. The van der Waals surface area contributed by atoms with Crippen molar-refractivity contribution in [2.75, 3.05) is 19.7 Å². The average molecular weight is 251 g/mol. The molecule has 0 spiro atoms. The highest BCUT2D eigenvalue weighted by molar-refractivity contribution is 4.88. The molecule has 2 unspecified atom stereocenters. The zero-order chi connectivity index (χ0) is 13.0. The summed E-state index contributed by atoms with van der Waals surface area (Å²) in [6, 6.07) is 0.664. The Morgan fingerprint density at radius 3 is 2.89 bits per heavy atom. The minimum absolute atomic E-state index is 0.337. The predicted molar refractivity (Wildman–Crippen MR) is 72.4 cm³/mol. The number of hydrogen-bond donors (Lipinski definition) is 1. The van der Waals surface area contributed by atoms with E-state index in [9.17, 15) is 5.11 Å². The van der Waals surface area contributed by atoms with Gasteiger partial charge in [-0.1, -0.05) is 0 Å². The lowest BCUT2D eigenvalue weighted by Crippen LogP contribution is -2.43. The van der Waals surface area contributed by atoms with Crippen LogP contribution in [0.3, 0.4) is 0 Å². The molecule has 2 heterocycles. The quantitative estimate of drug-likeness (QED) is 0.865. The Kier molecular flexibility index (Phi) is 4.78. The lowest BCUT2D eigenvalue weighted by molar-refractivity contribution is 0.0810. The maximum absolute atomic E-state index is 9.27. The molecule has 2 atom stereocenters. The molecule has 1 fully saturated rings. The van der Waals surface area contributed by atoms with Crippen molar-refractivity contribution in [3.8, 4) is 0 Å². The maximum Gasteiger partial charge on any atom is 0.105 e. The molecule has 1 N–H and O–H groups in total. The number of aryl methyl sites for hydroxylation is 2. The van der Waals surface area contributed by atoms with E-state index in [4.69, 9.17) is 0 Å². The van der Waals surface area contributed by atoms with Crippen molar-refractivity contribution in [1.82, 2.24) is 14.5 Å². The third-order valence-electron chi connectivity index (χ3n) is 4.13. The van der Waals surface area contributed by atoms with Crippen LogP contribution >= 0.6 is 0 Å². The van der Waals surface area contributed by atoms with Crippen LogP contribution in [-0.2, 0) is 6.54 Å². The molecular formula is C14H25N3O. The summed E-state index contributed by atoms with van der Waals surface area (Å²) < 4.78 is 2.21. The van der Waals surface area contributed by atoms with Gasteiger partial charge in [0.15, 0.2) is 0 Å². The number of aliphatic hydroxyl groups is 1. The van der Waals surface area contributed by atoms with E-state index in [0.29, 0.717) is 18.6 Å². The zero-order valence-electron chi connectivity index (χ0n) is 11.5. The molecule has 1 aliphatic heterocycles. The minimum atomic E-state index is 0.337. The SMILES string of the molecule is Cc1nccn1CCCN1CC(CO)CCC1C. The molecule has 0 radical (unpaired) electrons. The highest BCUT2D eigenvalue weighted by Crippen LogP contribution is 2.21. The van der Waals surface area contributed by atoms with Crippen LogP contribution in [0.25, 0.3) is 0 Å². The Morgan fingerprint density at radius 1 is 1.39 bits per heavy atom. The number of aliphatic hydroxyl groups excluding tert-OH is 1. The van der Waals surface area contributed by atoms with E-state index in [0.717, 1.165) is 31.9 Å². The van der Waals surface area contributed by atoms with Crippen LogP contribution < -0.4 is 0 Å². The summed E-state index contributed by atoms with van der Waals surface area (Å²) in [7, 11) is 0. The van der Waals surface area contributed by atoms with Crippen LogP contribution in [0.1, 0.15) is 32.0 Å². The van der Waals surface area contributed by atoms with Gasteiger partial charge in [-0.05, 0) is 39.0 Å². The van der Waals surface area contributed by atoms with Gasteiger partial charge in [-0.15, -0.1) is 0 Å². The molecule has 0 bridgehead atoms. The molecule has 1 aliphatic rings. The van der Waals surface area contributed by atoms with Crippen molar-refractivity contribution < 1.29 is 5.11 Å². The molecule has 4 heteroatoms. The van der Waals surface area contributed by atoms with Crippen LogP contribution in [0.5, 0.6) is 0 Å². The predicted octanol–water partition coefficient (Wildman–Crippen LogP) is 1.67. The Morgan fingerprint density at radius 2 is 2.22 bits per heavy atom. The van der Waals surface area contributed by atoms with Gasteiger partial charge in [0.2, 0.25) is 0 Å². The fourth-order valence-electron chi connectivity index (χ4n) is 2.81. The van der Waals surface area contributed by atoms with Crippen LogP contribution in [0.15, 0.2) is 12.4 Å². The monoisotopic (exact) mass is 251 g/mol. The fraction of sp³-hybridized carbons (Fsp3) is 0.786. The van der Waals surface area contributed by atoms with Crippen molar-refractivity contribution in [2.45, 2.75) is 45.7 Å². The van der Waals surface area contributed by atoms with Gasteiger partial charge in [0.05, 0.1) is 0 Å². The summed E-state index contributed by atoms with van der Waals surface area (Å²) in [5.41, 5.74) is 0. The highest BCUT2D eigenvalue weighted by atomic mass is 16.3. The summed E-state index contributed by atoms with van der Waals surface area (Å²) in [5.74, 6) is 1.58. The molecule has 1 saturated heterocycles. The van der Waals surface area contributed by atoms with Gasteiger partial charge in [0, 0.05) is 44.7 Å². The Hall–Kier alpha value is -0.870. The summed E-state index contributed by atoms with van der Waals surface area (Å²) in [6.07, 6.45) is 7.45. The van der Waals surface area contributed by atoms with Crippen molar-refractivity contribution in [3.63, 3.8) is 0 Å². The number of rotatable bonds is 5. The molecular weight excluding hydrogens is 226 g/mol. The van der Waals surface area contributed by atoms with E-state index >= 15 is 0 Å². The second-order valence-electron chi connectivity index (χ2n) is 5.49. The Labute approximate surface area is 110 Å². The molecule has 1 aromatic heterocycles. The minimum Gasteiger partial charge on any atom is -0.396 e. The lowest BCUT2D eigenvalue weighted by Gasteiger charge is -2.37. The molecule has 1 aromatic rings. The van der Waals surface area contributed by atoms with E-state index in [1.807, 2.05) is 19.3 Å². The molecule has 0 aromatic carbocycles. The van der Waals surface area contributed by atoms with E-state index in [2.05, 4.69) is 21.4 Å². The van der Waals surface area contributed by atoms with E-state index < -0.39 is 0 Å². The number of imidazole rings is 1. The van der Waals surface area contributed by atoms with Gasteiger partial charge in [0.1, 0.15) is 5.82 Å². The van der Waals surface area contributed by atoms with Gasteiger partial charge < -0.3 is 14.6 Å². The van der Waals surface area contributed by atoms with Crippen molar-refractivity contribution in [1.29, 1.82) is 0 Å². The molecule has 102 valence electrons. The van der Waals surface area contributed by atoms with Gasteiger partial charge in [0.25, 0.3) is 0 Å². The average Bonchev–Trinajstić information content (AvgIpc) is 2.77. The number of piperidine rings is 1. The van der Waals surface area contributed by atoms with Gasteiger partial charge in [-0.25, -0.2) is 4.98 Å². The third kappa shape index (κ3) is 3.33. The first-order valence-electron chi connectivity index (χ1n) is 7.03. The van der Waals surface area contributed by atoms with E-state index in [-0.39, 0.29) is 0 Å². The maximum atomic E-state index is 9.27. The molecule has 0 saturated carbocycles. The molecule has 4 nitrogen and oxygen atoms in total. The number of nitrogens with zero attached hydrogens (tertiary/aromatic N) is 3. The Bertz CT molecular complexity index is 364. The Balaban J connectivity index is 1.76. The largest absolute Gasteiger partial charge is 0.396 e. The van der Waals surface area contributed by atoms with Crippen LogP contribution in [0.4, 0.5) is 0 Å². The van der Waals surface area contributed by atoms with Crippen molar-refractivity contribution in [2.24, 2.45) is 5.92 Å². The molecule has 2 rings (SSSR count).